The molecule has 0 saturated carbocycles. The van der Waals surface area contributed by atoms with Crippen molar-refractivity contribution < 1.29 is 0 Å². The van der Waals surface area contributed by atoms with Crippen LogP contribution in [0.15, 0.2) is 17.6 Å². The molecule has 2 fully saturated rings. The van der Waals surface area contributed by atoms with Crippen LogP contribution < -0.4 is 10.6 Å². The lowest BCUT2D eigenvalue weighted by Gasteiger charge is -2.32. The van der Waals surface area contributed by atoms with Gasteiger partial charge in [0.15, 0.2) is 5.96 Å². The highest BCUT2D eigenvalue weighted by Crippen LogP contribution is 2.11. The van der Waals surface area contributed by atoms with Crippen molar-refractivity contribution in [3.05, 3.63) is 12.7 Å². The maximum atomic E-state index is 4.39. The number of rotatable bonds is 9. The predicted octanol–water partition coefficient (Wildman–Crippen LogP) is 3.08. The van der Waals surface area contributed by atoms with E-state index in [1.165, 1.54) is 71.0 Å². The molecule has 2 heterocycles. The summed E-state index contributed by atoms with van der Waals surface area (Å²) in [5.41, 5.74) is 0. The first-order chi connectivity index (χ1) is 12.3. The molecule has 0 aromatic heterocycles. The lowest BCUT2D eigenvalue weighted by atomic mass is 10.1. The smallest absolute Gasteiger partial charge is 0.191 e. The Morgan fingerprint density at radius 2 is 1.77 bits per heavy atom. The van der Waals surface area contributed by atoms with Crippen LogP contribution in [0.3, 0.4) is 0 Å². The fraction of sp³-hybridized carbons (Fsp3) is 0.850. The molecule has 2 aliphatic rings. The highest BCUT2D eigenvalue weighted by atomic mass is 127. The third-order valence-corrected chi connectivity index (χ3v) is 5.43. The first kappa shape index (κ1) is 23.7. The zero-order valence-corrected chi connectivity index (χ0v) is 19.0. The maximum Gasteiger partial charge on any atom is 0.191 e. The molecular formula is C20H40IN5. The quantitative estimate of drug-likeness (QED) is 0.176. The van der Waals surface area contributed by atoms with Gasteiger partial charge in [0.2, 0.25) is 0 Å². The van der Waals surface area contributed by atoms with Crippen molar-refractivity contribution in [3.8, 4) is 0 Å². The van der Waals surface area contributed by atoms with Crippen LogP contribution in [0.5, 0.6) is 0 Å². The Balaban J connectivity index is 0.00000338. The van der Waals surface area contributed by atoms with Gasteiger partial charge in [-0.05, 0) is 58.2 Å². The van der Waals surface area contributed by atoms with Crippen molar-refractivity contribution in [1.82, 2.24) is 20.4 Å². The Morgan fingerprint density at radius 3 is 2.42 bits per heavy atom. The van der Waals surface area contributed by atoms with Crippen LogP contribution in [-0.4, -0.2) is 74.7 Å². The van der Waals surface area contributed by atoms with Crippen molar-refractivity contribution >= 4 is 29.9 Å². The van der Waals surface area contributed by atoms with Gasteiger partial charge in [0.25, 0.3) is 0 Å². The molecule has 0 spiro atoms. The number of hydrogen-bond donors (Lipinski definition) is 2. The summed E-state index contributed by atoms with van der Waals surface area (Å²) >= 11 is 0. The average molecular weight is 477 g/mol. The summed E-state index contributed by atoms with van der Waals surface area (Å²) in [6, 6.07) is 0.548. The molecule has 2 rings (SSSR count). The van der Waals surface area contributed by atoms with Crippen molar-refractivity contribution in [3.63, 3.8) is 0 Å². The summed E-state index contributed by atoms with van der Waals surface area (Å²) < 4.78 is 0. The molecule has 152 valence electrons. The van der Waals surface area contributed by atoms with E-state index in [2.05, 4.69) is 32.0 Å². The van der Waals surface area contributed by atoms with E-state index >= 15 is 0 Å². The second-order valence-corrected chi connectivity index (χ2v) is 7.47. The van der Waals surface area contributed by atoms with Crippen LogP contribution in [0.25, 0.3) is 0 Å². The summed E-state index contributed by atoms with van der Waals surface area (Å²) in [5.74, 6) is 0.971. The Kier molecular flexibility index (Phi) is 13.4. The highest BCUT2D eigenvalue weighted by Gasteiger charge is 2.18. The van der Waals surface area contributed by atoms with Gasteiger partial charge in [-0.25, -0.2) is 0 Å². The van der Waals surface area contributed by atoms with Gasteiger partial charge < -0.3 is 15.5 Å². The summed E-state index contributed by atoms with van der Waals surface area (Å²) in [6.07, 6.45) is 12.5. The number of guanidine groups is 1. The normalized spacial score (nSPS) is 20.4. The van der Waals surface area contributed by atoms with E-state index in [9.17, 15) is 0 Å². The molecule has 0 amide bonds. The first-order valence-electron chi connectivity index (χ1n) is 10.3. The standard InChI is InChI=1S/C20H39N5.HI/c1-3-13-24-17-10-19(11-18-24)23-20(21-2)22-12-6-4-7-14-25-15-8-5-9-16-25;/h3,19H,1,4-18H2,2H3,(H2,21,22,23);1H. The van der Waals surface area contributed by atoms with Crippen LogP contribution in [0, 0.1) is 0 Å². The van der Waals surface area contributed by atoms with Gasteiger partial charge in [-0.3, -0.25) is 9.89 Å². The second-order valence-electron chi connectivity index (χ2n) is 7.47. The molecule has 0 aromatic rings. The minimum absolute atomic E-state index is 0. The van der Waals surface area contributed by atoms with Crippen LogP contribution in [0.1, 0.15) is 51.4 Å². The predicted molar refractivity (Wildman–Crippen MR) is 124 cm³/mol. The molecule has 0 radical (unpaired) electrons. The van der Waals surface area contributed by atoms with Crippen LogP contribution in [0.4, 0.5) is 0 Å². The van der Waals surface area contributed by atoms with Gasteiger partial charge in [0.1, 0.15) is 0 Å². The van der Waals surface area contributed by atoms with Crippen molar-refractivity contribution in [2.75, 3.05) is 52.9 Å². The zero-order valence-electron chi connectivity index (χ0n) is 16.7. The van der Waals surface area contributed by atoms with E-state index in [0.29, 0.717) is 6.04 Å². The fourth-order valence-corrected chi connectivity index (χ4v) is 3.86. The van der Waals surface area contributed by atoms with E-state index < -0.39 is 0 Å². The molecule has 26 heavy (non-hydrogen) atoms. The van der Waals surface area contributed by atoms with Gasteiger partial charge in [-0.2, -0.15) is 0 Å². The highest BCUT2D eigenvalue weighted by molar-refractivity contribution is 14.0. The van der Waals surface area contributed by atoms with Crippen molar-refractivity contribution in [2.45, 2.75) is 57.4 Å². The van der Waals surface area contributed by atoms with Crippen molar-refractivity contribution in [1.29, 1.82) is 0 Å². The third-order valence-electron chi connectivity index (χ3n) is 5.43. The van der Waals surface area contributed by atoms with Crippen LogP contribution in [-0.2, 0) is 0 Å². The topological polar surface area (TPSA) is 42.9 Å². The van der Waals surface area contributed by atoms with Gasteiger partial charge in [0.05, 0.1) is 0 Å². The average Bonchev–Trinajstić information content (AvgIpc) is 2.66. The largest absolute Gasteiger partial charge is 0.356 e. The minimum Gasteiger partial charge on any atom is -0.356 e. The molecule has 5 nitrogen and oxygen atoms in total. The molecule has 2 saturated heterocycles. The Morgan fingerprint density at radius 1 is 1.04 bits per heavy atom. The Labute approximate surface area is 178 Å². The number of likely N-dealkylation sites (tertiary alicyclic amines) is 2. The molecule has 0 aromatic carbocycles. The SMILES string of the molecule is C=CCN1CCC(NC(=NC)NCCCCCN2CCCCC2)CC1.I. The number of halogens is 1. The first-order valence-corrected chi connectivity index (χ1v) is 10.3. The molecule has 0 unspecified atom stereocenters. The second kappa shape index (κ2) is 14.7. The van der Waals surface area contributed by atoms with Gasteiger partial charge >= 0.3 is 0 Å². The van der Waals surface area contributed by atoms with Gasteiger partial charge in [-0.1, -0.05) is 18.9 Å². The van der Waals surface area contributed by atoms with Crippen LogP contribution >= 0.6 is 24.0 Å². The molecule has 2 aliphatic heterocycles. The van der Waals surface area contributed by atoms with Gasteiger partial charge in [0, 0.05) is 39.3 Å². The van der Waals surface area contributed by atoms with E-state index in [4.69, 9.17) is 0 Å². The number of nitrogens with zero attached hydrogens (tertiary/aromatic N) is 3. The van der Waals surface area contributed by atoms with E-state index in [0.717, 1.165) is 32.1 Å². The number of nitrogens with one attached hydrogen (secondary N) is 2. The van der Waals surface area contributed by atoms with Crippen molar-refractivity contribution in [2.24, 2.45) is 4.99 Å². The summed E-state index contributed by atoms with van der Waals surface area (Å²) in [6.45, 7) is 12.1. The van der Waals surface area contributed by atoms with Gasteiger partial charge in [-0.15, -0.1) is 30.6 Å². The number of piperidine rings is 2. The molecule has 0 aliphatic carbocycles. The monoisotopic (exact) mass is 477 g/mol. The summed E-state index contributed by atoms with van der Waals surface area (Å²) in [5, 5.41) is 7.08. The number of unbranched alkanes of at least 4 members (excludes halogenated alkanes) is 2. The number of hydrogen-bond acceptors (Lipinski definition) is 3. The molecule has 0 atom stereocenters. The fourth-order valence-electron chi connectivity index (χ4n) is 3.86. The zero-order chi connectivity index (χ0) is 17.7. The Bertz CT molecular complexity index is 388. The molecular weight excluding hydrogens is 437 g/mol. The maximum absolute atomic E-state index is 4.39. The van der Waals surface area contributed by atoms with E-state index in [1.807, 2.05) is 13.1 Å². The number of aliphatic imine (C=N–C) groups is 1. The lowest BCUT2D eigenvalue weighted by Crippen LogP contribution is -2.48. The molecule has 2 N–H and O–H groups in total. The third kappa shape index (κ3) is 9.55. The Hall–Kier alpha value is -0.340. The summed E-state index contributed by atoms with van der Waals surface area (Å²) in [4.78, 5) is 9.48. The van der Waals surface area contributed by atoms with E-state index in [1.54, 1.807) is 0 Å². The molecule has 0 bridgehead atoms. The minimum atomic E-state index is 0. The summed E-state index contributed by atoms with van der Waals surface area (Å²) in [7, 11) is 1.87. The molecule has 6 heteroatoms. The van der Waals surface area contributed by atoms with Crippen LogP contribution in [0.2, 0.25) is 0 Å². The lowest BCUT2D eigenvalue weighted by molar-refractivity contribution is 0.224. The van der Waals surface area contributed by atoms with E-state index in [-0.39, 0.29) is 24.0 Å².